The van der Waals surface area contributed by atoms with Gasteiger partial charge < -0.3 is 0 Å². The molecular formula is C12H14BrN4S2+. The van der Waals surface area contributed by atoms with Crippen molar-refractivity contribution < 1.29 is 4.57 Å². The van der Waals surface area contributed by atoms with E-state index in [9.17, 15) is 5.26 Å². The van der Waals surface area contributed by atoms with Crippen molar-refractivity contribution in [1.82, 2.24) is 4.98 Å². The molecule has 0 saturated heterocycles. The Labute approximate surface area is 129 Å². The highest BCUT2D eigenvalue weighted by atomic mass is 79.9. The molecule has 0 unspecified atom stereocenters. The van der Waals surface area contributed by atoms with E-state index in [1.165, 1.54) is 24.6 Å². The van der Waals surface area contributed by atoms with Crippen molar-refractivity contribution in [1.29, 1.82) is 5.26 Å². The van der Waals surface area contributed by atoms with Gasteiger partial charge in [-0.1, -0.05) is 50.9 Å². The number of hydrogen-bond acceptors (Lipinski definition) is 5. The number of nitriles is 1. The molecule has 100 valence electrons. The van der Waals surface area contributed by atoms with Crippen LogP contribution in [0.25, 0.3) is 0 Å². The molecule has 1 aliphatic heterocycles. The van der Waals surface area contributed by atoms with Crippen LogP contribution in [-0.4, -0.2) is 21.3 Å². The highest BCUT2D eigenvalue weighted by Crippen LogP contribution is 2.47. The van der Waals surface area contributed by atoms with E-state index in [-0.39, 0.29) is 0 Å². The predicted molar refractivity (Wildman–Crippen MR) is 80.6 cm³/mol. The lowest BCUT2D eigenvalue weighted by atomic mass is 9.94. The smallest absolute Gasteiger partial charge is 0.287 e. The molecule has 1 aromatic rings. The van der Waals surface area contributed by atoms with Crippen molar-refractivity contribution in [2.45, 2.75) is 45.4 Å². The first-order valence-corrected chi connectivity index (χ1v) is 9.19. The Morgan fingerprint density at radius 3 is 3.05 bits per heavy atom. The van der Waals surface area contributed by atoms with Crippen LogP contribution in [0, 0.1) is 11.3 Å². The first kappa shape index (κ1) is 13.5. The number of nitrogens with two attached hydrogens (primary N) is 1. The largest absolute Gasteiger partial charge is 0.391 e. The lowest BCUT2D eigenvalue weighted by Gasteiger charge is -2.27. The number of fused-ring (bicyclic) bond motifs is 3. The van der Waals surface area contributed by atoms with Crippen LogP contribution in [0.5, 0.6) is 0 Å². The quantitative estimate of drug-likeness (QED) is 0.362. The lowest BCUT2D eigenvalue weighted by molar-refractivity contribution is -0.740. The molecule has 19 heavy (non-hydrogen) atoms. The lowest BCUT2D eigenvalue weighted by Crippen LogP contribution is -2.50. The first-order chi connectivity index (χ1) is 9.17. The van der Waals surface area contributed by atoms with E-state index in [0.717, 1.165) is 16.5 Å². The summed E-state index contributed by atoms with van der Waals surface area (Å²) in [5, 5.41) is 11.7. The van der Waals surface area contributed by atoms with Gasteiger partial charge in [0.05, 0.1) is 0 Å². The summed E-state index contributed by atoms with van der Waals surface area (Å²) in [6, 6.07) is 2.63. The maximum atomic E-state index is 9.42. The van der Waals surface area contributed by atoms with Crippen LogP contribution in [-0.2, 0) is 0 Å². The van der Waals surface area contributed by atoms with E-state index in [1.807, 2.05) is 6.26 Å². The summed E-state index contributed by atoms with van der Waals surface area (Å²) in [4.78, 5) is 4.82. The van der Waals surface area contributed by atoms with Crippen molar-refractivity contribution >= 4 is 45.4 Å². The number of nitrogens with zero attached hydrogens (tertiary/aromatic N) is 3. The third kappa shape index (κ3) is 2.05. The van der Waals surface area contributed by atoms with Gasteiger partial charge in [-0.15, -0.1) is 0 Å². The molecule has 0 amide bonds. The van der Waals surface area contributed by atoms with Gasteiger partial charge in [0.1, 0.15) is 17.7 Å². The minimum absolute atomic E-state index is 0.323. The van der Waals surface area contributed by atoms with Crippen LogP contribution < -0.4 is 10.3 Å². The molecule has 2 aliphatic rings. The fourth-order valence-electron chi connectivity index (χ4n) is 2.87. The Morgan fingerprint density at radius 2 is 2.37 bits per heavy atom. The Morgan fingerprint density at radius 1 is 1.58 bits per heavy atom. The van der Waals surface area contributed by atoms with E-state index in [0.29, 0.717) is 27.6 Å². The van der Waals surface area contributed by atoms with Crippen LogP contribution in [0.15, 0.2) is 10.1 Å². The molecule has 1 saturated carbocycles. The minimum Gasteiger partial charge on any atom is -0.287 e. The van der Waals surface area contributed by atoms with Gasteiger partial charge in [0.15, 0.2) is 10.1 Å². The van der Waals surface area contributed by atoms with E-state index < -0.39 is 0 Å². The maximum Gasteiger partial charge on any atom is 0.391 e. The zero-order chi connectivity index (χ0) is 13.6. The number of anilines is 1. The Bertz CT molecular complexity index is 572. The number of alkyl halides is 1. The molecule has 1 fully saturated rings. The zero-order valence-electron chi connectivity index (χ0n) is 10.5. The number of halogens is 1. The molecule has 3 atom stereocenters. The van der Waals surface area contributed by atoms with Crippen molar-refractivity contribution in [3.05, 3.63) is 5.56 Å². The number of rotatable bonds is 1. The molecule has 0 radical (unpaired) electrons. The van der Waals surface area contributed by atoms with Crippen LogP contribution in [0.2, 0.25) is 0 Å². The second kappa shape index (κ2) is 5.15. The highest BCUT2D eigenvalue weighted by molar-refractivity contribution is 9.09. The summed E-state index contributed by atoms with van der Waals surface area (Å²) in [7, 11) is 0. The van der Waals surface area contributed by atoms with E-state index in [1.54, 1.807) is 11.8 Å². The van der Waals surface area contributed by atoms with Crippen molar-refractivity contribution in [2.24, 2.45) is 0 Å². The highest BCUT2D eigenvalue weighted by Gasteiger charge is 2.46. The van der Waals surface area contributed by atoms with Gasteiger partial charge in [-0.05, 0) is 19.1 Å². The molecule has 1 aromatic heterocycles. The molecule has 0 bridgehead atoms. The zero-order valence-corrected chi connectivity index (χ0v) is 13.7. The molecular weight excluding hydrogens is 344 g/mol. The monoisotopic (exact) mass is 357 g/mol. The van der Waals surface area contributed by atoms with E-state index in [4.69, 9.17) is 5.73 Å². The fourth-order valence-corrected chi connectivity index (χ4v) is 6.20. The number of nitrogen functional groups attached to an aromatic ring is 1. The molecule has 0 aromatic carbocycles. The van der Waals surface area contributed by atoms with Gasteiger partial charge in [0, 0.05) is 10.1 Å². The van der Waals surface area contributed by atoms with Crippen molar-refractivity contribution in [2.75, 3.05) is 12.0 Å². The van der Waals surface area contributed by atoms with E-state index >= 15 is 0 Å². The van der Waals surface area contributed by atoms with Crippen LogP contribution >= 0.6 is 39.5 Å². The summed E-state index contributed by atoms with van der Waals surface area (Å²) in [6.07, 6.45) is 5.49. The predicted octanol–water partition coefficient (Wildman–Crippen LogP) is 2.51. The maximum absolute atomic E-state index is 9.42. The summed E-state index contributed by atoms with van der Waals surface area (Å²) < 4.78 is 2.08. The normalized spacial score (nSPS) is 28.6. The van der Waals surface area contributed by atoms with Gasteiger partial charge in [-0.2, -0.15) is 5.26 Å². The molecule has 2 heterocycles. The van der Waals surface area contributed by atoms with Crippen molar-refractivity contribution in [3.8, 4) is 6.07 Å². The second-order valence-corrected chi connectivity index (χ2v) is 7.93. The molecule has 4 nitrogen and oxygen atoms in total. The van der Waals surface area contributed by atoms with Gasteiger partial charge in [-0.3, -0.25) is 5.73 Å². The molecule has 3 rings (SSSR count). The molecule has 7 heteroatoms. The molecule has 0 spiro atoms. The average Bonchev–Trinajstić information content (AvgIpc) is 2.79. The van der Waals surface area contributed by atoms with Crippen molar-refractivity contribution in [3.63, 3.8) is 0 Å². The van der Waals surface area contributed by atoms with Gasteiger partial charge >= 0.3 is 5.95 Å². The summed E-state index contributed by atoms with van der Waals surface area (Å²) in [5.74, 6) is 0.532. The number of hydrogen-bond donors (Lipinski definition) is 1. The number of aromatic nitrogens is 2. The van der Waals surface area contributed by atoms with E-state index in [2.05, 4.69) is 31.6 Å². The van der Waals surface area contributed by atoms with Crippen LogP contribution in [0.4, 0.5) is 5.95 Å². The van der Waals surface area contributed by atoms with Gasteiger partial charge in [0.2, 0.25) is 0 Å². The summed E-state index contributed by atoms with van der Waals surface area (Å²) >= 11 is 7.05. The Kier molecular flexibility index (Phi) is 3.67. The summed E-state index contributed by atoms with van der Waals surface area (Å²) in [5.41, 5.74) is 6.82. The first-order valence-electron chi connectivity index (χ1n) is 6.17. The molecule has 1 aliphatic carbocycles. The topological polar surface area (TPSA) is 66.6 Å². The standard InChI is InChI=1S/C12H13BrN4S2/c1-18-10-6(5-14)11-17(12(15)16-10)9-7(13)3-2-4-8(9)19-11/h7-9,15H,2-4H2,1H3/p+1/t7-,8-,9+/m0/s1. The van der Waals surface area contributed by atoms with Crippen LogP contribution in [0.3, 0.4) is 0 Å². The average molecular weight is 358 g/mol. The van der Waals surface area contributed by atoms with Gasteiger partial charge in [-0.25, -0.2) is 4.57 Å². The fraction of sp³-hybridized carbons (Fsp3) is 0.583. The SMILES string of the molecule is CSc1nc(N)[n+]2c(c1C#N)S[C@H]1CCC[C@H](Br)[C@H]12. The summed E-state index contributed by atoms with van der Waals surface area (Å²) in [6.45, 7) is 0. The Balaban J connectivity index is 2.19. The third-order valence-electron chi connectivity index (χ3n) is 3.70. The Hall–Kier alpha value is -0.450. The third-order valence-corrected chi connectivity index (χ3v) is 6.82. The minimum atomic E-state index is 0.323. The van der Waals surface area contributed by atoms with Crippen LogP contribution in [0.1, 0.15) is 30.9 Å². The molecule has 2 N–H and O–H groups in total. The van der Waals surface area contributed by atoms with Gasteiger partial charge in [0.25, 0.3) is 0 Å². The number of thioether (sulfide) groups is 2. The second-order valence-electron chi connectivity index (χ2n) is 4.74.